The first-order chi connectivity index (χ1) is 14.1. The summed E-state index contributed by atoms with van der Waals surface area (Å²) in [6.07, 6.45) is 3.47. The van der Waals surface area contributed by atoms with Crippen LogP contribution in [0.4, 0.5) is 11.4 Å². The number of ether oxygens (including phenoxy) is 3. The van der Waals surface area contributed by atoms with Gasteiger partial charge in [0.05, 0.1) is 30.9 Å². The van der Waals surface area contributed by atoms with E-state index in [2.05, 4.69) is 34.8 Å². The molecule has 1 N–H and O–H groups in total. The van der Waals surface area contributed by atoms with E-state index in [4.69, 9.17) is 9.47 Å². The number of carbonyl (C=O) groups is 1. The predicted molar refractivity (Wildman–Crippen MR) is 115 cm³/mol. The number of nitro benzene ring substituents is 1. The van der Waals surface area contributed by atoms with Crippen LogP contribution in [-0.4, -0.2) is 49.6 Å². The van der Waals surface area contributed by atoms with Crippen LogP contribution in [0.1, 0.15) is 15.9 Å². The quantitative estimate of drug-likeness (QED) is 0.187. The maximum absolute atomic E-state index is 11.8. The van der Waals surface area contributed by atoms with E-state index in [0.29, 0.717) is 13.3 Å². The fraction of sp³-hybridized carbons (Fsp3) is 0.474. The monoisotopic (exact) mass is 436 g/mol. The number of hydrogen-bond donors (Lipinski definition) is 1. The highest BCUT2D eigenvalue weighted by Gasteiger charge is 2.23. The van der Waals surface area contributed by atoms with Crippen molar-refractivity contribution in [1.29, 1.82) is 0 Å². The molecule has 1 heterocycles. The van der Waals surface area contributed by atoms with E-state index in [1.54, 1.807) is 10.9 Å². The highest BCUT2D eigenvalue weighted by molar-refractivity contribution is 6.76. The van der Waals surface area contributed by atoms with E-state index in [0.717, 1.165) is 17.7 Å². The average Bonchev–Trinajstić information content (AvgIpc) is 3.15. The molecule has 164 valence electrons. The van der Waals surface area contributed by atoms with E-state index in [9.17, 15) is 14.9 Å². The largest absolute Gasteiger partial charge is 0.494 e. The van der Waals surface area contributed by atoms with Gasteiger partial charge in [0.15, 0.2) is 5.69 Å². The van der Waals surface area contributed by atoms with Crippen molar-refractivity contribution in [3.05, 3.63) is 45.8 Å². The van der Waals surface area contributed by atoms with E-state index >= 15 is 0 Å². The summed E-state index contributed by atoms with van der Waals surface area (Å²) in [6, 6.07) is 3.64. The maximum Gasteiger partial charge on any atom is 0.338 e. The first-order valence-electron chi connectivity index (χ1n) is 9.42. The number of hydrogen-bond acceptors (Lipinski definition) is 8. The molecular weight excluding hydrogens is 408 g/mol. The summed E-state index contributed by atoms with van der Waals surface area (Å²) in [5, 5.41) is 18.8. The minimum atomic E-state index is -1.14. The summed E-state index contributed by atoms with van der Waals surface area (Å²) >= 11 is 0. The normalized spacial score (nSPS) is 11.2. The van der Waals surface area contributed by atoms with Crippen LogP contribution in [0.2, 0.25) is 25.7 Å². The van der Waals surface area contributed by atoms with Crippen LogP contribution >= 0.6 is 0 Å². The Kier molecular flexibility index (Phi) is 7.95. The molecule has 30 heavy (non-hydrogen) atoms. The van der Waals surface area contributed by atoms with Crippen LogP contribution < -0.4 is 10.1 Å². The summed E-state index contributed by atoms with van der Waals surface area (Å²) in [4.78, 5) is 22.7. The molecule has 0 radical (unpaired) electrons. The zero-order valence-corrected chi connectivity index (χ0v) is 18.9. The summed E-state index contributed by atoms with van der Waals surface area (Å²) < 4.78 is 17.2. The number of nitro groups is 1. The number of nitrogens with zero attached hydrogens (tertiary/aromatic N) is 3. The Labute approximate surface area is 176 Å². The highest BCUT2D eigenvalue weighted by Crippen LogP contribution is 2.36. The lowest BCUT2D eigenvalue weighted by atomic mass is 10.1. The lowest BCUT2D eigenvalue weighted by molar-refractivity contribution is -0.384. The second-order valence-corrected chi connectivity index (χ2v) is 13.5. The van der Waals surface area contributed by atoms with Gasteiger partial charge in [0.1, 0.15) is 12.5 Å². The number of methoxy groups -OCH3 is 2. The number of esters is 1. The van der Waals surface area contributed by atoms with E-state index < -0.39 is 19.0 Å². The lowest BCUT2D eigenvalue weighted by Gasteiger charge is -2.15. The van der Waals surface area contributed by atoms with E-state index in [1.807, 2.05) is 6.20 Å². The number of rotatable bonds is 11. The van der Waals surface area contributed by atoms with Crippen LogP contribution in [-0.2, 0) is 22.7 Å². The molecule has 0 amide bonds. The Hall–Kier alpha value is -2.92. The highest BCUT2D eigenvalue weighted by atomic mass is 28.3. The zero-order chi connectivity index (χ0) is 22.3. The van der Waals surface area contributed by atoms with Crippen molar-refractivity contribution >= 4 is 25.4 Å². The van der Waals surface area contributed by atoms with Gasteiger partial charge in [-0.1, -0.05) is 19.6 Å². The molecule has 0 aliphatic rings. The van der Waals surface area contributed by atoms with Crippen LogP contribution in [0.15, 0.2) is 24.5 Å². The molecule has 0 fully saturated rings. The summed E-state index contributed by atoms with van der Waals surface area (Å²) in [7, 11) is 1.45. The third-order valence-electron chi connectivity index (χ3n) is 4.30. The first kappa shape index (κ1) is 23.4. The minimum absolute atomic E-state index is 0.0369. The standard InChI is InChI=1S/C19H28N4O6Si/c1-27-17-9-15(19(24)28-2)8-16(23(25)26)18(17)20-10-14-11-21-22(12-14)13-29-6-7-30(3,4)5/h8-9,11-12,20H,6-7,10,13H2,1-5H3. The number of benzene rings is 1. The van der Waals surface area contributed by atoms with Gasteiger partial charge in [-0.25, -0.2) is 9.48 Å². The van der Waals surface area contributed by atoms with Gasteiger partial charge in [-0.05, 0) is 12.1 Å². The van der Waals surface area contributed by atoms with Crippen molar-refractivity contribution in [3.8, 4) is 5.75 Å². The molecule has 0 unspecified atom stereocenters. The second-order valence-electron chi connectivity index (χ2n) is 7.91. The first-order valence-corrected chi connectivity index (χ1v) is 13.1. The zero-order valence-electron chi connectivity index (χ0n) is 17.9. The molecule has 0 aliphatic carbocycles. The molecule has 0 aliphatic heterocycles. The number of carbonyl (C=O) groups excluding carboxylic acids is 1. The molecule has 11 heteroatoms. The third-order valence-corrected chi connectivity index (χ3v) is 6.00. The van der Waals surface area contributed by atoms with Crippen LogP contribution in [0, 0.1) is 10.1 Å². The summed E-state index contributed by atoms with van der Waals surface area (Å²) in [5.74, 6) is -0.509. The summed E-state index contributed by atoms with van der Waals surface area (Å²) in [6.45, 7) is 8.20. The van der Waals surface area contributed by atoms with Gasteiger partial charge in [-0.15, -0.1) is 0 Å². The van der Waals surface area contributed by atoms with Gasteiger partial charge in [0.2, 0.25) is 0 Å². The van der Waals surface area contributed by atoms with E-state index in [1.165, 1.54) is 20.3 Å². The van der Waals surface area contributed by atoms with Crippen molar-refractivity contribution in [2.24, 2.45) is 0 Å². The molecule has 2 rings (SSSR count). The Balaban J connectivity index is 2.07. The molecule has 1 aromatic carbocycles. The fourth-order valence-electron chi connectivity index (χ4n) is 2.61. The lowest BCUT2D eigenvalue weighted by Crippen LogP contribution is -2.22. The Morgan fingerprint density at radius 1 is 1.30 bits per heavy atom. The molecule has 0 spiro atoms. The molecule has 2 aromatic rings. The second kappa shape index (κ2) is 10.2. The molecule has 0 saturated carbocycles. The van der Waals surface area contributed by atoms with E-state index in [-0.39, 0.29) is 29.2 Å². The molecule has 0 atom stereocenters. The molecule has 0 saturated heterocycles. The predicted octanol–water partition coefficient (Wildman–Crippen LogP) is 3.51. The number of aromatic nitrogens is 2. The van der Waals surface area contributed by atoms with Crippen molar-refractivity contribution in [3.63, 3.8) is 0 Å². The van der Waals surface area contributed by atoms with Gasteiger partial charge >= 0.3 is 5.97 Å². The Morgan fingerprint density at radius 2 is 2.03 bits per heavy atom. The maximum atomic E-state index is 11.8. The van der Waals surface area contributed by atoms with Crippen LogP contribution in [0.25, 0.3) is 0 Å². The summed E-state index contributed by atoms with van der Waals surface area (Å²) in [5.41, 5.74) is 0.748. The SMILES string of the molecule is COC(=O)c1cc(OC)c(NCc2cnn(COCC[Si](C)(C)C)c2)c([N+](=O)[O-])c1. The van der Waals surface area contributed by atoms with Gasteiger partial charge < -0.3 is 19.5 Å². The van der Waals surface area contributed by atoms with Crippen molar-refractivity contribution in [2.75, 3.05) is 26.1 Å². The molecule has 10 nitrogen and oxygen atoms in total. The van der Waals surface area contributed by atoms with Crippen molar-refractivity contribution < 1.29 is 23.9 Å². The Morgan fingerprint density at radius 3 is 2.63 bits per heavy atom. The van der Waals surface area contributed by atoms with Gasteiger partial charge in [0, 0.05) is 39.1 Å². The minimum Gasteiger partial charge on any atom is -0.494 e. The van der Waals surface area contributed by atoms with Crippen LogP contribution in [0.3, 0.4) is 0 Å². The fourth-order valence-corrected chi connectivity index (χ4v) is 3.37. The molecule has 0 bridgehead atoms. The van der Waals surface area contributed by atoms with Gasteiger partial charge in [0.25, 0.3) is 5.69 Å². The number of anilines is 1. The average molecular weight is 437 g/mol. The van der Waals surface area contributed by atoms with Crippen LogP contribution in [0.5, 0.6) is 5.75 Å². The smallest absolute Gasteiger partial charge is 0.338 e. The molecule has 1 aromatic heterocycles. The third kappa shape index (κ3) is 6.56. The number of nitrogens with one attached hydrogen (secondary N) is 1. The topological polar surface area (TPSA) is 118 Å². The molecular formula is C19H28N4O6Si. The van der Waals surface area contributed by atoms with Gasteiger partial charge in [-0.3, -0.25) is 10.1 Å². The van der Waals surface area contributed by atoms with Crippen molar-refractivity contribution in [1.82, 2.24) is 9.78 Å². The van der Waals surface area contributed by atoms with Crippen molar-refractivity contribution in [2.45, 2.75) is 39.0 Å². The van der Waals surface area contributed by atoms with Gasteiger partial charge in [-0.2, -0.15) is 5.10 Å². The Bertz CT molecular complexity index is 894.